The van der Waals surface area contributed by atoms with Crippen molar-refractivity contribution in [2.24, 2.45) is 28.9 Å². The van der Waals surface area contributed by atoms with Crippen molar-refractivity contribution in [3.8, 4) is 0 Å². The summed E-state index contributed by atoms with van der Waals surface area (Å²) in [7, 11) is 0. The number of aliphatic hydroxyl groups excluding tert-OH is 1. The average molecular weight is 847 g/mol. The Balaban J connectivity index is 2.67. The summed E-state index contributed by atoms with van der Waals surface area (Å²) in [5.74, 6) is -6.26. The number of carbonyl (C=O) groups is 8. The fraction of sp³-hybridized carbons (Fsp3) is 0.641. The van der Waals surface area contributed by atoms with E-state index < -0.39 is 95.7 Å². The average Bonchev–Trinajstić information content (AvgIpc) is 3.19. The molecule has 8 amide bonds. The van der Waals surface area contributed by atoms with Gasteiger partial charge in [-0.2, -0.15) is 0 Å². The van der Waals surface area contributed by atoms with Crippen LogP contribution in [0.5, 0.6) is 0 Å². The molecule has 0 spiro atoms. The van der Waals surface area contributed by atoms with Crippen LogP contribution >= 0.6 is 0 Å². The van der Waals surface area contributed by atoms with E-state index in [0.717, 1.165) is 0 Å². The molecule has 0 aromatic heterocycles. The SMILES string of the molecule is CC(C)C[C@@H]1NC(=O)[C@@H](Cc2ccccc2)NC(=O)[C@H](CCN)NC(=O)[C@@H](NC(=O)CCCN)CCNC(=O)[C@H]([C@@H](C)O)NC(=O)[C@H](CCN)NC(=O)[C@H](CCN)NC1=O. The van der Waals surface area contributed by atoms with E-state index in [0.29, 0.717) is 12.0 Å². The second-order valence-corrected chi connectivity index (χ2v) is 15.2. The molecule has 0 saturated carbocycles. The predicted octanol–water partition coefficient (Wildman–Crippen LogP) is -4.65. The number of hydrogen-bond acceptors (Lipinski definition) is 13. The third-order valence-corrected chi connectivity index (χ3v) is 9.58. The number of nitrogens with one attached hydrogen (secondary N) is 8. The van der Waals surface area contributed by atoms with Crippen molar-refractivity contribution >= 4 is 47.3 Å². The summed E-state index contributed by atoms with van der Waals surface area (Å²) in [6, 6.07) is -0.442. The maximum atomic E-state index is 14.1. The Kier molecular flexibility index (Phi) is 22.7. The van der Waals surface area contributed by atoms with Crippen LogP contribution in [0.4, 0.5) is 0 Å². The van der Waals surface area contributed by atoms with Gasteiger partial charge in [0.25, 0.3) is 0 Å². The van der Waals surface area contributed by atoms with Crippen LogP contribution in [0.2, 0.25) is 0 Å². The zero-order valence-corrected chi connectivity index (χ0v) is 34.8. The normalized spacial score (nSPS) is 25.1. The van der Waals surface area contributed by atoms with Crippen molar-refractivity contribution in [1.29, 1.82) is 0 Å². The van der Waals surface area contributed by atoms with Crippen LogP contribution in [0, 0.1) is 5.92 Å². The number of nitrogens with two attached hydrogens (primary N) is 4. The summed E-state index contributed by atoms with van der Waals surface area (Å²) in [4.78, 5) is 109. The van der Waals surface area contributed by atoms with Crippen molar-refractivity contribution in [2.45, 2.75) is 121 Å². The molecule has 2 rings (SSSR count). The van der Waals surface area contributed by atoms with Gasteiger partial charge >= 0.3 is 0 Å². The van der Waals surface area contributed by atoms with Crippen LogP contribution in [-0.2, 0) is 44.8 Å². The Morgan fingerprint density at radius 3 is 1.62 bits per heavy atom. The first kappa shape index (κ1) is 50.9. The monoisotopic (exact) mass is 847 g/mol. The smallest absolute Gasteiger partial charge is 0.245 e. The Morgan fingerprint density at radius 2 is 1.12 bits per heavy atom. The van der Waals surface area contributed by atoms with Crippen molar-refractivity contribution in [2.75, 3.05) is 32.7 Å². The molecule has 1 aromatic carbocycles. The Bertz CT molecular complexity index is 1580. The highest BCUT2D eigenvalue weighted by Gasteiger charge is 2.35. The number of rotatable bonds is 15. The minimum Gasteiger partial charge on any atom is -0.391 e. The molecule has 1 fully saturated rings. The summed E-state index contributed by atoms with van der Waals surface area (Å²) in [6.45, 7) is 4.66. The molecule has 21 nitrogen and oxygen atoms in total. The molecule has 1 aliphatic heterocycles. The zero-order valence-electron chi connectivity index (χ0n) is 34.8. The molecular weight excluding hydrogens is 781 g/mol. The molecule has 0 unspecified atom stereocenters. The third-order valence-electron chi connectivity index (χ3n) is 9.58. The first-order valence-corrected chi connectivity index (χ1v) is 20.5. The lowest BCUT2D eigenvalue weighted by molar-refractivity contribution is -0.136. The van der Waals surface area contributed by atoms with Gasteiger partial charge in [-0.05, 0) is 83.1 Å². The lowest BCUT2D eigenvalue weighted by Crippen LogP contribution is -2.61. The molecule has 1 heterocycles. The molecule has 336 valence electrons. The summed E-state index contributed by atoms with van der Waals surface area (Å²) in [5, 5.41) is 31.3. The number of hydrogen-bond donors (Lipinski definition) is 13. The molecule has 21 heteroatoms. The maximum Gasteiger partial charge on any atom is 0.245 e. The Labute approximate surface area is 350 Å². The first-order chi connectivity index (χ1) is 28.5. The predicted molar refractivity (Wildman–Crippen MR) is 222 cm³/mol. The van der Waals surface area contributed by atoms with Gasteiger partial charge in [-0.15, -0.1) is 0 Å². The van der Waals surface area contributed by atoms with E-state index in [4.69, 9.17) is 22.9 Å². The van der Waals surface area contributed by atoms with Gasteiger partial charge in [-0.25, -0.2) is 0 Å². The molecule has 0 radical (unpaired) electrons. The van der Waals surface area contributed by atoms with Gasteiger partial charge in [0.2, 0.25) is 47.3 Å². The highest BCUT2D eigenvalue weighted by Crippen LogP contribution is 2.10. The van der Waals surface area contributed by atoms with Crippen molar-refractivity contribution in [3.63, 3.8) is 0 Å². The quantitative estimate of drug-likeness (QED) is 0.0791. The van der Waals surface area contributed by atoms with Crippen LogP contribution in [0.3, 0.4) is 0 Å². The Hall–Kier alpha value is -5.22. The maximum absolute atomic E-state index is 14.1. The van der Waals surface area contributed by atoms with Gasteiger partial charge in [-0.1, -0.05) is 44.2 Å². The Morgan fingerprint density at radius 1 is 0.650 bits per heavy atom. The van der Waals surface area contributed by atoms with Gasteiger partial charge in [0.05, 0.1) is 6.10 Å². The molecule has 0 bridgehead atoms. The van der Waals surface area contributed by atoms with Crippen molar-refractivity contribution in [1.82, 2.24) is 42.5 Å². The fourth-order valence-electron chi connectivity index (χ4n) is 6.34. The van der Waals surface area contributed by atoms with Gasteiger partial charge in [0, 0.05) is 19.4 Å². The van der Waals surface area contributed by atoms with Crippen LogP contribution in [-0.4, -0.2) is 133 Å². The lowest BCUT2D eigenvalue weighted by Gasteiger charge is -2.28. The highest BCUT2D eigenvalue weighted by molar-refractivity contribution is 5.98. The topological polar surface area (TPSA) is 357 Å². The largest absolute Gasteiger partial charge is 0.391 e. The number of aliphatic hydroxyl groups is 1. The molecule has 8 atom stereocenters. The van der Waals surface area contributed by atoms with Crippen molar-refractivity contribution < 1.29 is 43.5 Å². The number of carbonyl (C=O) groups excluding carboxylic acids is 8. The fourth-order valence-corrected chi connectivity index (χ4v) is 6.34. The molecule has 1 saturated heterocycles. The summed E-state index contributed by atoms with van der Waals surface area (Å²) < 4.78 is 0. The minimum absolute atomic E-state index is 0.0188. The van der Waals surface area contributed by atoms with Gasteiger partial charge < -0.3 is 70.6 Å². The molecule has 60 heavy (non-hydrogen) atoms. The van der Waals surface area contributed by atoms with E-state index in [1.165, 1.54) is 6.92 Å². The first-order valence-electron chi connectivity index (χ1n) is 20.5. The molecular formula is C39H66N12O9. The highest BCUT2D eigenvalue weighted by atomic mass is 16.3. The summed E-state index contributed by atoms with van der Waals surface area (Å²) >= 11 is 0. The molecule has 1 aliphatic rings. The van der Waals surface area contributed by atoms with E-state index in [1.54, 1.807) is 30.3 Å². The number of benzene rings is 1. The summed E-state index contributed by atoms with van der Waals surface area (Å²) in [6.07, 6.45) is -1.48. The van der Waals surface area contributed by atoms with Crippen LogP contribution < -0.4 is 65.5 Å². The van der Waals surface area contributed by atoms with E-state index in [1.807, 2.05) is 13.8 Å². The van der Waals surface area contributed by atoms with Gasteiger partial charge in [-0.3, -0.25) is 38.4 Å². The lowest BCUT2D eigenvalue weighted by atomic mass is 10.00. The molecule has 17 N–H and O–H groups in total. The van der Waals surface area contributed by atoms with Gasteiger partial charge in [0.1, 0.15) is 42.3 Å². The van der Waals surface area contributed by atoms with Crippen LogP contribution in [0.1, 0.15) is 71.3 Å². The second-order valence-electron chi connectivity index (χ2n) is 15.2. The standard InChI is InChI=1S/C39H66N12O9/c1-22(2)20-29-37(58)48-25(11-16-41)33(54)47-27(13-18-43)36(57)51-32(23(3)52)39(60)44-19-14-28(45-31(53)10-7-15-40)35(56)46-26(12-17-42)34(55)50-30(38(59)49-29)21-24-8-5-4-6-9-24/h4-6,8-9,22-23,25-30,32,52H,7,10-21,40-43H2,1-3H3,(H,44,60)(H,45,53)(H,46,56)(H,47,54)(H,48,58)(H,49,59)(H,50,55)(H,51,57)/t23-,25+,26+,27+,28+,29+,30-,32+/m1/s1. The van der Waals surface area contributed by atoms with E-state index in [-0.39, 0.29) is 83.6 Å². The van der Waals surface area contributed by atoms with E-state index >= 15 is 0 Å². The van der Waals surface area contributed by atoms with Crippen LogP contribution in [0.25, 0.3) is 0 Å². The van der Waals surface area contributed by atoms with Crippen LogP contribution in [0.15, 0.2) is 30.3 Å². The molecule has 0 aliphatic carbocycles. The molecule has 1 aromatic rings. The minimum atomic E-state index is -1.54. The zero-order chi connectivity index (χ0) is 44.8. The van der Waals surface area contributed by atoms with Crippen molar-refractivity contribution in [3.05, 3.63) is 35.9 Å². The third kappa shape index (κ3) is 17.6. The van der Waals surface area contributed by atoms with E-state index in [9.17, 15) is 43.5 Å². The second kappa shape index (κ2) is 26.8. The number of amides is 8. The summed E-state index contributed by atoms with van der Waals surface area (Å²) in [5.41, 5.74) is 23.6. The van der Waals surface area contributed by atoms with Gasteiger partial charge in [0.15, 0.2) is 0 Å². The van der Waals surface area contributed by atoms with E-state index in [2.05, 4.69) is 42.5 Å².